The van der Waals surface area contributed by atoms with Gasteiger partial charge in [-0.05, 0) is 31.6 Å². The third kappa shape index (κ3) is 1.60. The Balaban J connectivity index is 2.52. The van der Waals surface area contributed by atoms with Crippen molar-refractivity contribution >= 4 is 0 Å². The van der Waals surface area contributed by atoms with Crippen molar-refractivity contribution in [2.45, 2.75) is 26.7 Å². The Morgan fingerprint density at radius 3 is 2.90 bits per heavy atom. The summed E-state index contributed by atoms with van der Waals surface area (Å²) in [6.07, 6.45) is 4.50. The highest BCUT2D eigenvalue weighted by Crippen LogP contribution is 2.28. The Labute approximate surface area is 62.8 Å². The van der Waals surface area contributed by atoms with E-state index in [0.29, 0.717) is 18.4 Å². The van der Waals surface area contributed by atoms with Gasteiger partial charge in [0, 0.05) is 6.61 Å². The first-order valence-corrected chi connectivity index (χ1v) is 4.00. The Hall–Kier alpha value is -0.300. The number of allylic oxidation sites excluding steroid dienone is 2. The van der Waals surface area contributed by atoms with E-state index in [1.807, 2.05) is 0 Å². The van der Waals surface area contributed by atoms with Crippen molar-refractivity contribution in [3.63, 3.8) is 0 Å². The molecule has 58 valence electrons. The Bertz CT molecular complexity index is 138. The highest BCUT2D eigenvalue weighted by Gasteiger charge is 2.19. The summed E-state index contributed by atoms with van der Waals surface area (Å²) in [7, 11) is 0. The molecule has 0 saturated heterocycles. The minimum atomic E-state index is 0.352. The smallest absolute Gasteiger partial charge is 0.0464 e. The van der Waals surface area contributed by atoms with Gasteiger partial charge in [0.25, 0.3) is 0 Å². The molecule has 0 spiro atoms. The second-order valence-corrected chi connectivity index (χ2v) is 3.41. The number of hydrogen-bond acceptors (Lipinski definition) is 1. The number of aliphatic hydroxyl groups is 1. The zero-order chi connectivity index (χ0) is 7.56. The molecule has 0 radical (unpaired) electrons. The van der Waals surface area contributed by atoms with Gasteiger partial charge in [-0.2, -0.15) is 0 Å². The van der Waals surface area contributed by atoms with Gasteiger partial charge in [0.2, 0.25) is 0 Å². The monoisotopic (exact) mass is 140 g/mol. The van der Waals surface area contributed by atoms with Crippen LogP contribution >= 0.6 is 0 Å². The van der Waals surface area contributed by atoms with E-state index in [0.717, 1.165) is 6.42 Å². The van der Waals surface area contributed by atoms with Gasteiger partial charge < -0.3 is 5.11 Å². The first kappa shape index (κ1) is 7.80. The first-order valence-electron chi connectivity index (χ1n) is 4.00. The van der Waals surface area contributed by atoms with Crippen molar-refractivity contribution in [1.29, 1.82) is 0 Å². The lowest BCUT2D eigenvalue weighted by Gasteiger charge is -2.25. The summed E-state index contributed by atoms with van der Waals surface area (Å²) in [5.74, 6) is 1.19. The summed E-state index contributed by atoms with van der Waals surface area (Å²) < 4.78 is 0. The highest BCUT2D eigenvalue weighted by atomic mass is 16.3. The van der Waals surface area contributed by atoms with Gasteiger partial charge in [-0.15, -0.1) is 0 Å². The van der Waals surface area contributed by atoms with Crippen molar-refractivity contribution in [2.75, 3.05) is 6.61 Å². The summed E-state index contributed by atoms with van der Waals surface area (Å²) in [6.45, 7) is 4.74. The Morgan fingerprint density at radius 1 is 1.70 bits per heavy atom. The fourth-order valence-corrected chi connectivity index (χ4v) is 1.60. The van der Waals surface area contributed by atoms with E-state index in [2.05, 4.69) is 19.9 Å². The minimum Gasteiger partial charge on any atom is -0.396 e. The van der Waals surface area contributed by atoms with Crippen LogP contribution in [0.25, 0.3) is 0 Å². The van der Waals surface area contributed by atoms with Crippen molar-refractivity contribution < 1.29 is 5.11 Å². The molecule has 1 nitrogen and oxygen atoms in total. The van der Waals surface area contributed by atoms with Crippen molar-refractivity contribution in [3.05, 3.63) is 11.6 Å². The van der Waals surface area contributed by atoms with E-state index in [9.17, 15) is 0 Å². The molecule has 0 aromatic rings. The van der Waals surface area contributed by atoms with Gasteiger partial charge in [-0.3, -0.25) is 0 Å². The van der Waals surface area contributed by atoms with Gasteiger partial charge >= 0.3 is 0 Å². The minimum absolute atomic E-state index is 0.352. The lowest BCUT2D eigenvalue weighted by molar-refractivity contribution is 0.177. The topological polar surface area (TPSA) is 20.2 Å². The predicted octanol–water partition coefficient (Wildman–Crippen LogP) is 1.97. The van der Waals surface area contributed by atoms with E-state index in [4.69, 9.17) is 5.11 Å². The maximum atomic E-state index is 8.92. The summed E-state index contributed by atoms with van der Waals surface area (Å²) in [5.41, 5.74) is 1.48. The largest absolute Gasteiger partial charge is 0.396 e. The van der Waals surface area contributed by atoms with Crippen LogP contribution in [0, 0.1) is 11.8 Å². The van der Waals surface area contributed by atoms with Gasteiger partial charge in [0.05, 0.1) is 0 Å². The average molecular weight is 140 g/mol. The van der Waals surface area contributed by atoms with Crippen LogP contribution < -0.4 is 0 Å². The van der Waals surface area contributed by atoms with Gasteiger partial charge in [-0.25, -0.2) is 0 Å². The Kier molecular flexibility index (Phi) is 2.50. The molecule has 1 aliphatic rings. The van der Waals surface area contributed by atoms with Crippen LogP contribution in [-0.2, 0) is 0 Å². The molecule has 0 fully saturated rings. The predicted molar refractivity (Wildman–Crippen MR) is 42.7 cm³/mol. The van der Waals surface area contributed by atoms with Crippen LogP contribution in [0.3, 0.4) is 0 Å². The molecule has 1 N–H and O–H groups in total. The van der Waals surface area contributed by atoms with Crippen molar-refractivity contribution in [3.8, 4) is 0 Å². The fourth-order valence-electron chi connectivity index (χ4n) is 1.60. The molecule has 0 heterocycles. The summed E-state index contributed by atoms with van der Waals surface area (Å²) in [4.78, 5) is 0. The molecular weight excluding hydrogens is 124 g/mol. The zero-order valence-corrected chi connectivity index (χ0v) is 6.80. The maximum absolute atomic E-state index is 8.92. The molecule has 1 heteroatoms. The number of aliphatic hydroxyl groups excluding tert-OH is 1. The van der Waals surface area contributed by atoms with Gasteiger partial charge in [0.15, 0.2) is 0 Å². The molecular formula is C9H16O. The molecule has 0 aromatic carbocycles. The van der Waals surface area contributed by atoms with Gasteiger partial charge in [0.1, 0.15) is 0 Å². The number of hydrogen-bond donors (Lipinski definition) is 1. The molecule has 10 heavy (non-hydrogen) atoms. The van der Waals surface area contributed by atoms with E-state index in [1.54, 1.807) is 0 Å². The molecule has 0 aromatic heterocycles. The molecule has 0 bridgehead atoms. The molecule has 1 rings (SSSR count). The first-order chi connectivity index (χ1) is 4.74. The SMILES string of the molecule is CC1=CC[C@@H](CO)[C@H](C)C1. The normalized spacial score (nSPS) is 33.7. The third-order valence-electron chi connectivity index (χ3n) is 2.45. The number of rotatable bonds is 1. The maximum Gasteiger partial charge on any atom is 0.0464 e. The highest BCUT2D eigenvalue weighted by molar-refractivity contribution is 5.04. The van der Waals surface area contributed by atoms with E-state index >= 15 is 0 Å². The van der Waals surface area contributed by atoms with Crippen molar-refractivity contribution in [1.82, 2.24) is 0 Å². The van der Waals surface area contributed by atoms with Crippen LogP contribution in [0.2, 0.25) is 0 Å². The summed E-state index contributed by atoms with van der Waals surface area (Å²) >= 11 is 0. The van der Waals surface area contributed by atoms with Crippen LogP contribution in [-0.4, -0.2) is 11.7 Å². The van der Waals surface area contributed by atoms with Gasteiger partial charge in [-0.1, -0.05) is 18.6 Å². The summed E-state index contributed by atoms with van der Waals surface area (Å²) in [5, 5.41) is 8.92. The molecule has 0 amide bonds. The third-order valence-corrected chi connectivity index (χ3v) is 2.45. The van der Waals surface area contributed by atoms with E-state index in [-0.39, 0.29) is 0 Å². The zero-order valence-electron chi connectivity index (χ0n) is 6.80. The second kappa shape index (κ2) is 3.20. The van der Waals surface area contributed by atoms with Crippen molar-refractivity contribution in [2.24, 2.45) is 11.8 Å². The lowest BCUT2D eigenvalue weighted by atomic mass is 9.82. The lowest BCUT2D eigenvalue weighted by Crippen LogP contribution is -2.18. The quantitative estimate of drug-likeness (QED) is 0.552. The van der Waals surface area contributed by atoms with Crippen LogP contribution in [0.1, 0.15) is 26.7 Å². The van der Waals surface area contributed by atoms with Crippen LogP contribution in [0.4, 0.5) is 0 Å². The van der Waals surface area contributed by atoms with Crippen LogP contribution in [0.5, 0.6) is 0 Å². The molecule has 0 saturated carbocycles. The average Bonchev–Trinajstić information content (AvgIpc) is 1.88. The fraction of sp³-hybridized carbons (Fsp3) is 0.778. The molecule has 0 unspecified atom stereocenters. The molecule has 1 aliphatic carbocycles. The van der Waals surface area contributed by atoms with E-state index < -0.39 is 0 Å². The standard InChI is InChI=1S/C9H16O/c1-7-3-4-9(6-10)8(2)5-7/h3,8-10H,4-6H2,1-2H3/t8-,9+/m1/s1. The molecule has 0 aliphatic heterocycles. The van der Waals surface area contributed by atoms with Crippen LogP contribution in [0.15, 0.2) is 11.6 Å². The second-order valence-electron chi connectivity index (χ2n) is 3.41. The molecule has 2 atom stereocenters. The Morgan fingerprint density at radius 2 is 2.40 bits per heavy atom. The van der Waals surface area contributed by atoms with E-state index in [1.165, 1.54) is 12.0 Å². The summed E-state index contributed by atoms with van der Waals surface area (Å²) in [6, 6.07) is 0.